The zero-order chi connectivity index (χ0) is 24.1. The molecule has 34 heavy (non-hydrogen) atoms. The predicted molar refractivity (Wildman–Crippen MR) is 128 cm³/mol. The van der Waals surface area contributed by atoms with Crippen molar-refractivity contribution >= 4 is 33.4 Å². The molecule has 0 spiro atoms. The standard InChI is InChI=1S/C24H28ClN3O5S/c25-20-6-8-21(9-7-20)34(31,32)28-12-10-18(11-13-28)22(24(30)27-14-16-33-17-15-27)26-23(29)19-4-2-1-3-5-19/h1-9,18,22H,10-17H2,(H,26,29)/t22-/m0/s1. The minimum absolute atomic E-state index is 0.147. The Labute approximate surface area is 204 Å². The summed E-state index contributed by atoms with van der Waals surface area (Å²) in [5, 5.41) is 3.41. The molecule has 2 aliphatic rings. The Morgan fingerprint density at radius 1 is 0.941 bits per heavy atom. The topological polar surface area (TPSA) is 96.0 Å². The first kappa shape index (κ1) is 24.7. The molecule has 2 aliphatic heterocycles. The maximum Gasteiger partial charge on any atom is 0.251 e. The molecule has 2 heterocycles. The average molecular weight is 506 g/mol. The van der Waals surface area contributed by atoms with Crippen LogP contribution in [0.15, 0.2) is 59.5 Å². The number of halogens is 1. The van der Waals surface area contributed by atoms with Gasteiger partial charge in [-0.25, -0.2) is 8.42 Å². The molecule has 1 N–H and O–H groups in total. The van der Waals surface area contributed by atoms with Gasteiger partial charge in [-0.15, -0.1) is 0 Å². The number of carbonyl (C=O) groups excluding carboxylic acids is 2. The van der Waals surface area contributed by atoms with Crippen LogP contribution in [0.3, 0.4) is 0 Å². The van der Waals surface area contributed by atoms with Crippen LogP contribution in [0.1, 0.15) is 23.2 Å². The molecule has 182 valence electrons. The second kappa shape index (κ2) is 10.9. The third kappa shape index (κ3) is 5.60. The molecule has 2 saturated heterocycles. The van der Waals surface area contributed by atoms with E-state index in [-0.39, 0.29) is 35.7 Å². The Morgan fingerprint density at radius 2 is 1.56 bits per heavy atom. The Hall–Kier alpha value is -2.46. The van der Waals surface area contributed by atoms with Gasteiger partial charge in [0.25, 0.3) is 5.91 Å². The summed E-state index contributed by atoms with van der Waals surface area (Å²) in [6.07, 6.45) is 0.922. The van der Waals surface area contributed by atoms with Gasteiger partial charge in [0, 0.05) is 36.8 Å². The van der Waals surface area contributed by atoms with Crippen molar-refractivity contribution in [3.63, 3.8) is 0 Å². The largest absolute Gasteiger partial charge is 0.378 e. The van der Waals surface area contributed by atoms with Crippen LogP contribution in [0.25, 0.3) is 0 Å². The molecule has 0 unspecified atom stereocenters. The number of carbonyl (C=O) groups is 2. The lowest BCUT2D eigenvalue weighted by Gasteiger charge is -2.38. The highest BCUT2D eigenvalue weighted by Gasteiger charge is 2.38. The van der Waals surface area contributed by atoms with E-state index in [9.17, 15) is 18.0 Å². The zero-order valence-corrected chi connectivity index (χ0v) is 20.3. The van der Waals surface area contributed by atoms with E-state index in [1.54, 1.807) is 41.3 Å². The highest BCUT2D eigenvalue weighted by atomic mass is 35.5. The van der Waals surface area contributed by atoms with Crippen molar-refractivity contribution in [2.45, 2.75) is 23.8 Å². The SMILES string of the molecule is O=C(N[C@H](C(=O)N1CCOCC1)C1CCN(S(=O)(=O)c2ccc(Cl)cc2)CC1)c1ccccc1. The van der Waals surface area contributed by atoms with Gasteiger partial charge in [0.05, 0.1) is 18.1 Å². The lowest BCUT2D eigenvalue weighted by molar-refractivity contribution is -0.139. The van der Waals surface area contributed by atoms with Crippen LogP contribution >= 0.6 is 11.6 Å². The third-order valence-corrected chi connectivity index (χ3v) is 8.50. The van der Waals surface area contributed by atoms with Crippen LogP contribution in [0.4, 0.5) is 0 Å². The van der Waals surface area contributed by atoms with Crippen LogP contribution in [-0.2, 0) is 19.6 Å². The number of ether oxygens (including phenoxy) is 1. The van der Waals surface area contributed by atoms with Crippen LogP contribution in [0, 0.1) is 5.92 Å². The molecular formula is C24H28ClN3O5S. The van der Waals surface area contributed by atoms with Gasteiger partial charge in [0.15, 0.2) is 0 Å². The summed E-state index contributed by atoms with van der Waals surface area (Å²) in [6.45, 7) is 2.40. The molecular weight excluding hydrogens is 478 g/mol. The van der Waals surface area contributed by atoms with Crippen LogP contribution in [-0.4, -0.2) is 74.9 Å². The molecule has 0 bridgehead atoms. The van der Waals surface area contributed by atoms with Crippen molar-refractivity contribution in [3.8, 4) is 0 Å². The zero-order valence-electron chi connectivity index (χ0n) is 18.7. The number of sulfonamides is 1. The second-order valence-corrected chi connectivity index (χ2v) is 10.8. The second-order valence-electron chi connectivity index (χ2n) is 8.45. The van der Waals surface area contributed by atoms with E-state index >= 15 is 0 Å². The minimum atomic E-state index is -3.66. The highest BCUT2D eigenvalue weighted by Crippen LogP contribution is 2.27. The van der Waals surface area contributed by atoms with Gasteiger partial charge in [-0.3, -0.25) is 9.59 Å². The third-order valence-electron chi connectivity index (χ3n) is 6.33. The molecule has 8 nitrogen and oxygen atoms in total. The lowest BCUT2D eigenvalue weighted by Crippen LogP contribution is -2.56. The van der Waals surface area contributed by atoms with Crippen molar-refractivity contribution < 1.29 is 22.7 Å². The fourth-order valence-corrected chi connectivity index (χ4v) is 5.98. The number of morpholine rings is 1. The number of nitrogens with zero attached hydrogens (tertiary/aromatic N) is 2. The van der Waals surface area contributed by atoms with Gasteiger partial charge >= 0.3 is 0 Å². The summed E-state index contributed by atoms with van der Waals surface area (Å²) < 4.78 is 32.9. The molecule has 2 aromatic rings. The molecule has 0 aromatic heterocycles. The van der Waals surface area contributed by atoms with E-state index in [1.165, 1.54) is 16.4 Å². The van der Waals surface area contributed by atoms with Crippen LogP contribution in [0.2, 0.25) is 5.02 Å². The predicted octanol–water partition coefficient (Wildman–Crippen LogP) is 2.40. The molecule has 1 atom stereocenters. The number of rotatable bonds is 6. The fourth-order valence-electron chi connectivity index (χ4n) is 4.38. The quantitative estimate of drug-likeness (QED) is 0.650. The summed E-state index contributed by atoms with van der Waals surface area (Å²) in [6, 6.07) is 14.1. The van der Waals surface area contributed by atoms with Crippen LogP contribution in [0.5, 0.6) is 0 Å². The Balaban J connectivity index is 1.48. The van der Waals surface area contributed by atoms with Gasteiger partial charge in [0.2, 0.25) is 15.9 Å². The molecule has 4 rings (SSSR count). The van der Waals surface area contributed by atoms with Gasteiger partial charge < -0.3 is 15.0 Å². The van der Waals surface area contributed by atoms with Gasteiger partial charge in [-0.2, -0.15) is 4.31 Å². The summed E-state index contributed by atoms with van der Waals surface area (Å²) in [7, 11) is -3.66. The first-order valence-electron chi connectivity index (χ1n) is 11.3. The maximum atomic E-state index is 13.4. The molecule has 2 fully saturated rings. The highest BCUT2D eigenvalue weighted by molar-refractivity contribution is 7.89. The first-order chi connectivity index (χ1) is 16.4. The number of benzene rings is 2. The molecule has 0 radical (unpaired) electrons. The maximum absolute atomic E-state index is 13.4. The number of piperidine rings is 1. The van der Waals surface area contributed by atoms with E-state index in [4.69, 9.17) is 16.3 Å². The normalized spacial score (nSPS) is 18.9. The van der Waals surface area contributed by atoms with E-state index in [2.05, 4.69) is 5.32 Å². The van der Waals surface area contributed by atoms with E-state index < -0.39 is 16.1 Å². The van der Waals surface area contributed by atoms with Crippen molar-refractivity contribution in [3.05, 3.63) is 65.2 Å². The minimum Gasteiger partial charge on any atom is -0.378 e. The first-order valence-corrected chi connectivity index (χ1v) is 13.2. The van der Waals surface area contributed by atoms with Crippen LogP contribution < -0.4 is 5.32 Å². The van der Waals surface area contributed by atoms with Crippen molar-refractivity contribution in [1.29, 1.82) is 0 Å². The number of amides is 2. The number of nitrogens with one attached hydrogen (secondary N) is 1. The molecule has 2 amide bonds. The smallest absolute Gasteiger partial charge is 0.251 e. The summed E-state index contributed by atoms with van der Waals surface area (Å²) in [5.74, 6) is -0.644. The monoisotopic (exact) mass is 505 g/mol. The van der Waals surface area contributed by atoms with E-state index in [0.717, 1.165) is 0 Å². The average Bonchev–Trinajstić information content (AvgIpc) is 2.88. The fraction of sp³-hybridized carbons (Fsp3) is 0.417. The van der Waals surface area contributed by atoms with Crippen molar-refractivity contribution in [2.75, 3.05) is 39.4 Å². The Morgan fingerprint density at radius 3 is 2.18 bits per heavy atom. The molecule has 2 aromatic carbocycles. The molecule has 0 aliphatic carbocycles. The lowest BCUT2D eigenvalue weighted by atomic mass is 9.89. The Bertz CT molecular complexity index is 1100. The summed E-state index contributed by atoms with van der Waals surface area (Å²) >= 11 is 5.89. The van der Waals surface area contributed by atoms with E-state index in [1.807, 2.05) is 6.07 Å². The summed E-state index contributed by atoms with van der Waals surface area (Å²) in [4.78, 5) is 28.2. The van der Waals surface area contributed by atoms with Crippen molar-refractivity contribution in [2.24, 2.45) is 5.92 Å². The number of hydrogen-bond donors (Lipinski definition) is 1. The Kier molecular flexibility index (Phi) is 7.88. The molecule has 10 heteroatoms. The van der Waals surface area contributed by atoms with Crippen molar-refractivity contribution in [1.82, 2.24) is 14.5 Å². The molecule has 0 saturated carbocycles. The summed E-state index contributed by atoms with van der Waals surface area (Å²) in [5.41, 5.74) is 0.477. The van der Waals surface area contributed by atoms with Gasteiger partial charge in [-0.05, 0) is 55.2 Å². The number of hydrogen-bond acceptors (Lipinski definition) is 5. The van der Waals surface area contributed by atoms with Gasteiger partial charge in [-0.1, -0.05) is 29.8 Å². The van der Waals surface area contributed by atoms with E-state index in [0.29, 0.717) is 49.7 Å². The van der Waals surface area contributed by atoms with Gasteiger partial charge in [0.1, 0.15) is 6.04 Å².